The van der Waals surface area contributed by atoms with Gasteiger partial charge in [-0.3, -0.25) is 9.80 Å². The molecule has 4 nitrogen and oxygen atoms in total. The van der Waals surface area contributed by atoms with Gasteiger partial charge in [-0.2, -0.15) is 0 Å². The number of hydrogen-bond acceptors (Lipinski definition) is 4. The standard InChI is InChI=1S/C18H29N3O/c1-2-6-15(7-3-1)18-12-17(22-19-18)14-20-10-11-21-9-5-4-8-16(21)13-20/h12,15-16H,1-11,13-14H2/t16-/m0/s1. The third-order valence-corrected chi connectivity index (χ3v) is 5.90. The molecule has 2 saturated heterocycles. The fourth-order valence-electron chi connectivity index (χ4n) is 4.58. The molecule has 0 N–H and O–H groups in total. The molecule has 4 heteroatoms. The molecule has 1 saturated carbocycles. The minimum Gasteiger partial charge on any atom is -0.360 e. The van der Waals surface area contributed by atoms with Gasteiger partial charge >= 0.3 is 0 Å². The second-order valence-electron chi connectivity index (χ2n) is 7.47. The van der Waals surface area contributed by atoms with Crippen LogP contribution >= 0.6 is 0 Å². The van der Waals surface area contributed by atoms with Crippen LogP contribution in [-0.4, -0.2) is 47.2 Å². The van der Waals surface area contributed by atoms with Crippen molar-refractivity contribution < 1.29 is 4.52 Å². The zero-order chi connectivity index (χ0) is 14.8. The second-order valence-corrected chi connectivity index (χ2v) is 7.47. The molecule has 1 aliphatic carbocycles. The molecule has 0 aromatic carbocycles. The zero-order valence-corrected chi connectivity index (χ0v) is 13.7. The minimum absolute atomic E-state index is 0.654. The van der Waals surface area contributed by atoms with E-state index >= 15 is 0 Å². The topological polar surface area (TPSA) is 32.5 Å². The summed E-state index contributed by atoms with van der Waals surface area (Å²) in [7, 11) is 0. The van der Waals surface area contributed by atoms with E-state index in [0.29, 0.717) is 5.92 Å². The fourth-order valence-corrected chi connectivity index (χ4v) is 4.58. The van der Waals surface area contributed by atoms with Gasteiger partial charge in [0.1, 0.15) is 0 Å². The van der Waals surface area contributed by atoms with E-state index in [-0.39, 0.29) is 0 Å². The van der Waals surface area contributed by atoms with Crippen LogP contribution in [0.3, 0.4) is 0 Å². The molecule has 3 aliphatic rings. The van der Waals surface area contributed by atoms with Crippen molar-refractivity contribution in [2.75, 3.05) is 26.2 Å². The number of piperidine rings is 1. The summed E-state index contributed by atoms with van der Waals surface area (Å²) in [4.78, 5) is 5.26. The van der Waals surface area contributed by atoms with Crippen LogP contribution in [0.15, 0.2) is 10.6 Å². The molecule has 1 aromatic heterocycles. The van der Waals surface area contributed by atoms with Crippen LogP contribution < -0.4 is 0 Å². The Kier molecular flexibility index (Phi) is 4.49. The lowest BCUT2D eigenvalue weighted by Crippen LogP contribution is -2.54. The predicted octanol–water partition coefficient (Wildman–Crippen LogP) is 3.39. The molecule has 22 heavy (non-hydrogen) atoms. The average Bonchev–Trinajstić information content (AvgIpc) is 3.04. The lowest BCUT2D eigenvalue weighted by atomic mass is 9.87. The number of piperazine rings is 1. The highest BCUT2D eigenvalue weighted by molar-refractivity contribution is 5.11. The Balaban J connectivity index is 1.34. The smallest absolute Gasteiger partial charge is 0.150 e. The number of nitrogens with zero attached hydrogens (tertiary/aromatic N) is 3. The Morgan fingerprint density at radius 1 is 1.00 bits per heavy atom. The van der Waals surface area contributed by atoms with Gasteiger partial charge in [-0.05, 0) is 32.2 Å². The van der Waals surface area contributed by atoms with Gasteiger partial charge in [-0.1, -0.05) is 30.8 Å². The summed E-state index contributed by atoms with van der Waals surface area (Å²) >= 11 is 0. The van der Waals surface area contributed by atoms with Crippen LogP contribution in [-0.2, 0) is 6.54 Å². The average molecular weight is 303 g/mol. The van der Waals surface area contributed by atoms with Gasteiger partial charge in [-0.15, -0.1) is 0 Å². The number of rotatable bonds is 3. The molecule has 1 aromatic rings. The molecule has 0 unspecified atom stereocenters. The number of hydrogen-bond donors (Lipinski definition) is 0. The second kappa shape index (κ2) is 6.71. The lowest BCUT2D eigenvalue weighted by Gasteiger charge is -2.43. The van der Waals surface area contributed by atoms with Gasteiger partial charge in [0.25, 0.3) is 0 Å². The van der Waals surface area contributed by atoms with Crippen molar-refractivity contribution in [3.63, 3.8) is 0 Å². The van der Waals surface area contributed by atoms with Gasteiger partial charge < -0.3 is 4.52 Å². The summed E-state index contributed by atoms with van der Waals surface area (Å²) in [5, 5.41) is 4.37. The Morgan fingerprint density at radius 3 is 2.77 bits per heavy atom. The summed E-state index contributed by atoms with van der Waals surface area (Å²) in [5.74, 6) is 1.73. The van der Waals surface area contributed by atoms with Crippen molar-refractivity contribution >= 4 is 0 Å². The minimum atomic E-state index is 0.654. The van der Waals surface area contributed by atoms with Gasteiger partial charge in [0.2, 0.25) is 0 Å². The van der Waals surface area contributed by atoms with E-state index < -0.39 is 0 Å². The summed E-state index contributed by atoms with van der Waals surface area (Å²) in [6.45, 7) is 5.88. The summed E-state index contributed by atoms with van der Waals surface area (Å²) in [6, 6.07) is 3.02. The van der Waals surface area contributed by atoms with E-state index in [0.717, 1.165) is 18.3 Å². The maximum Gasteiger partial charge on any atom is 0.150 e. The maximum atomic E-state index is 5.65. The van der Waals surface area contributed by atoms with E-state index in [1.54, 1.807) is 0 Å². The monoisotopic (exact) mass is 303 g/mol. The molecule has 3 fully saturated rings. The highest BCUT2D eigenvalue weighted by atomic mass is 16.5. The normalized spacial score (nSPS) is 28.6. The molecule has 1 atom stereocenters. The van der Waals surface area contributed by atoms with Crippen LogP contribution in [0.1, 0.15) is 68.7 Å². The van der Waals surface area contributed by atoms with Crippen molar-refractivity contribution in [3.05, 3.63) is 17.5 Å². The van der Waals surface area contributed by atoms with Crippen molar-refractivity contribution in [2.45, 2.75) is 69.9 Å². The van der Waals surface area contributed by atoms with E-state index in [9.17, 15) is 0 Å². The van der Waals surface area contributed by atoms with Gasteiger partial charge in [0.15, 0.2) is 5.76 Å². The maximum absolute atomic E-state index is 5.65. The van der Waals surface area contributed by atoms with Gasteiger partial charge in [0.05, 0.1) is 12.2 Å². The van der Waals surface area contributed by atoms with Crippen LogP contribution in [0.4, 0.5) is 0 Å². The molecule has 0 spiro atoms. The first-order chi connectivity index (χ1) is 10.9. The first-order valence-electron chi connectivity index (χ1n) is 9.30. The highest BCUT2D eigenvalue weighted by Gasteiger charge is 2.29. The molecule has 4 rings (SSSR count). The van der Waals surface area contributed by atoms with Crippen LogP contribution in [0.2, 0.25) is 0 Å². The number of fused-ring (bicyclic) bond motifs is 1. The SMILES string of the molecule is c1c(C2CCCCC2)noc1CN1CCN2CCCC[C@H]2C1. The van der Waals surface area contributed by atoms with Gasteiger partial charge in [-0.25, -0.2) is 0 Å². The molecule has 2 aliphatic heterocycles. The predicted molar refractivity (Wildman–Crippen MR) is 86.8 cm³/mol. The molecule has 0 bridgehead atoms. The number of aromatic nitrogens is 1. The van der Waals surface area contributed by atoms with Crippen LogP contribution in [0.5, 0.6) is 0 Å². The third kappa shape index (κ3) is 3.23. The van der Waals surface area contributed by atoms with E-state index in [4.69, 9.17) is 4.52 Å². The molecule has 122 valence electrons. The Bertz CT molecular complexity index is 480. The quantitative estimate of drug-likeness (QED) is 0.857. The lowest BCUT2D eigenvalue weighted by molar-refractivity contribution is 0.0417. The fraction of sp³-hybridized carbons (Fsp3) is 0.833. The van der Waals surface area contributed by atoms with Gasteiger partial charge in [0, 0.05) is 37.7 Å². The summed E-state index contributed by atoms with van der Waals surface area (Å²) in [6.07, 6.45) is 10.9. The zero-order valence-electron chi connectivity index (χ0n) is 13.7. The van der Waals surface area contributed by atoms with Crippen molar-refractivity contribution in [3.8, 4) is 0 Å². The Morgan fingerprint density at radius 2 is 1.86 bits per heavy atom. The first kappa shape index (κ1) is 14.7. The van der Waals surface area contributed by atoms with E-state index in [1.807, 2.05) is 0 Å². The molecule has 0 radical (unpaired) electrons. The Hall–Kier alpha value is -0.870. The van der Waals surface area contributed by atoms with Crippen molar-refractivity contribution in [1.29, 1.82) is 0 Å². The molecule has 3 heterocycles. The van der Waals surface area contributed by atoms with Crippen molar-refractivity contribution in [2.24, 2.45) is 0 Å². The third-order valence-electron chi connectivity index (χ3n) is 5.90. The molecular weight excluding hydrogens is 274 g/mol. The van der Waals surface area contributed by atoms with E-state index in [1.165, 1.54) is 83.2 Å². The summed E-state index contributed by atoms with van der Waals surface area (Å²) in [5.41, 5.74) is 1.21. The van der Waals surface area contributed by atoms with E-state index in [2.05, 4.69) is 21.0 Å². The first-order valence-corrected chi connectivity index (χ1v) is 9.30. The largest absolute Gasteiger partial charge is 0.360 e. The van der Waals surface area contributed by atoms with Crippen LogP contribution in [0.25, 0.3) is 0 Å². The molecule has 0 amide bonds. The summed E-state index contributed by atoms with van der Waals surface area (Å²) < 4.78 is 5.65. The molecular formula is C18H29N3O. The highest BCUT2D eigenvalue weighted by Crippen LogP contribution is 2.32. The van der Waals surface area contributed by atoms with Crippen molar-refractivity contribution in [1.82, 2.24) is 15.0 Å². The van der Waals surface area contributed by atoms with Crippen LogP contribution in [0, 0.1) is 0 Å². The Labute approximate surface area is 133 Å².